The van der Waals surface area contributed by atoms with Crippen molar-refractivity contribution in [3.05, 3.63) is 41.5 Å². The maximum absolute atomic E-state index is 12.4. The molecule has 1 unspecified atom stereocenters. The summed E-state index contributed by atoms with van der Waals surface area (Å²) >= 11 is 0. The first kappa shape index (κ1) is 13.7. The third-order valence-electron chi connectivity index (χ3n) is 3.38. The summed E-state index contributed by atoms with van der Waals surface area (Å²) in [6, 6.07) is 0. The van der Waals surface area contributed by atoms with Crippen molar-refractivity contribution in [2.45, 2.75) is 20.0 Å². The van der Waals surface area contributed by atoms with Crippen LogP contribution in [0.1, 0.15) is 33.8 Å². The van der Waals surface area contributed by atoms with Gasteiger partial charge in [0.1, 0.15) is 17.6 Å². The highest BCUT2D eigenvalue weighted by Crippen LogP contribution is 2.20. The predicted molar refractivity (Wildman–Crippen MR) is 74.7 cm³/mol. The number of ether oxygens (including phenoxy) is 1. The van der Waals surface area contributed by atoms with Crippen molar-refractivity contribution in [1.29, 1.82) is 0 Å². The SMILES string of the molecule is Cc1cnc(C(=O)N2CCOC(c3ncc(C)[nH]3)C2)cn1. The summed E-state index contributed by atoms with van der Waals surface area (Å²) in [6.45, 7) is 5.26. The number of carbonyl (C=O) groups is 1. The van der Waals surface area contributed by atoms with Gasteiger partial charge in [0.2, 0.25) is 0 Å². The summed E-state index contributed by atoms with van der Waals surface area (Å²) in [7, 11) is 0. The molecule has 1 fully saturated rings. The van der Waals surface area contributed by atoms with Crippen LogP contribution in [-0.4, -0.2) is 50.4 Å². The van der Waals surface area contributed by atoms with E-state index < -0.39 is 0 Å². The van der Waals surface area contributed by atoms with Crippen molar-refractivity contribution < 1.29 is 9.53 Å². The van der Waals surface area contributed by atoms with Gasteiger partial charge in [-0.3, -0.25) is 9.78 Å². The molecule has 3 rings (SSSR count). The lowest BCUT2D eigenvalue weighted by atomic mass is 10.2. The molecule has 2 aromatic rings. The number of morpholine rings is 1. The Balaban J connectivity index is 1.73. The third-order valence-corrected chi connectivity index (χ3v) is 3.38. The molecule has 1 atom stereocenters. The minimum atomic E-state index is -0.227. The fraction of sp³-hybridized carbons (Fsp3) is 0.429. The van der Waals surface area contributed by atoms with Crippen molar-refractivity contribution in [3.8, 4) is 0 Å². The zero-order chi connectivity index (χ0) is 14.8. The Labute approximate surface area is 122 Å². The van der Waals surface area contributed by atoms with Crippen LogP contribution in [-0.2, 0) is 4.74 Å². The maximum atomic E-state index is 12.4. The summed E-state index contributed by atoms with van der Waals surface area (Å²) in [5.74, 6) is 0.624. The fourth-order valence-corrected chi connectivity index (χ4v) is 2.26. The van der Waals surface area contributed by atoms with E-state index in [9.17, 15) is 4.79 Å². The molecule has 3 heterocycles. The molecule has 7 heteroatoms. The Bertz CT molecular complexity index is 637. The van der Waals surface area contributed by atoms with E-state index in [0.717, 1.165) is 17.2 Å². The lowest BCUT2D eigenvalue weighted by molar-refractivity contribution is -0.0266. The number of H-pyrrole nitrogens is 1. The highest BCUT2D eigenvalue weighted by molar-refractivity contribution is 5.92. The quantitative estimate of drug-likeness (QED) is 0.892. The molecule has 21 heavy (non-hydrogen) atoms. The largest absolute Gasteiger partial charge is 0.367 e. The van der Waals surface area contributed by atoms with Gasteiger partial charge in [-0.05, 0) is 13.8 Å². The van der Waals surface area contributed by atoms with Crippen LogP contribution in [0.25, 0.3) is 0 Å². The number of nitrogens with zero attached hydrogens (tertiary/aromatic N) is 4. The first-order valence-corrected chi connectivity index (χ1v) is 6.84. The normalized spacial score (nSPS) is 18.8. The number of aromatic amines is 1. The van der Waals surface area contributed by atoms with Gasteiger partial charge >= 0.3 is 0 Å². The molecule has 0 aliphatic carbocycles. The van der Waals surface area contributed by atoms with Gasteiger partial charge in [0, 0.05) is 24.6 Å². The number of imidazole rings is 1. The Hall–Kier alpha value is -2.28. The van der Waals surface area contributed by atoms with Gasteiger partial charge < -0.3 is 14.6 Å². The van der Waals surface area contributed by atoms with Crippen molar-refractivity contribution in [3.63, 3.8) is 0 Å². The van der Waals surface area contributed by atoms with E-state index in [1.807, 2.05) is 13.8 Å². The summed E-state index contributed by atoms with van der Waals surface area (Å²) < 4.78 is 5.69. The fourth-order valence-electron chi connectivity index (χ4n) is 2.26. The Morgan fingerprint density at radius 2 is 2.14 bits per heavy atom. The number of hydrogen-bond donors (Lipinski definition) is 1. The van der Waals surface area contributed by atoms with Crippen LogP contribution in [0.3, 0.4) is 0 Å². The van der Waals surface area contributed by atoms with Crippen molar-refractivity contribution in [2.75, 3.05) is 19.7 Å². The third kappa shape index (κ3) is 2.92. The van der Waals surface area contributed by atoms with Crippen LogP contribution < -0.4 is 0 Å². The van der Waals surface area contributed by atoms with E-state index in [2.05, 4.69) is 19.9 Å². The molecule has 1 aliphatic heterocycles. The van der Waals surface area contributed by atoms with E-state index in [-0.39, 0.29) is 12.0 Å². The Morgan fingerprint density at radius 3 is 2.81 bits per heavy atom. The molecule has 0 radical (unpaired) electrons. The van der Waals surface area contributed by atoms with Crippen LogP contribution in [0.2, 0.25) is 0 Å². The monoisotopic (exact) mass is 287 g/mol. The number of carbonyl (C=O) groups excluding carboxylic acids is 1. The molecule has 1 aliphatic rings. The van der Waals surface area contributed by atoms with Gasteiger partial charge in [-0.15, -0.1) is 0 Å². The van der Waals surface area contributed by atoms with E-state index in [1.54, 1.807) is 17.3 Å². The standard InChI is InChI=1S/C14H17N5O2/c1-9-5-16-11(7-15-9)14(20)19-3-4-21-12(8-19)13-17-6-10(2)18-13/h5-7,12H,3-4,8H2,1-2H3,(H,17,18). The minimum Gasteiger partial charge on any atom is -0.367 e. The van der Waals surface area contributed by atoms with Crippen LogP contribution in [0.4, 0.5) is 0 Å². The van der Waals surface area contributed by atoms with Crippen LogP contribution in [0, 0.1) is 13.8 Å². The second-order valence-corrected chi connectivity index (χ2v) is 5.11. The number of aromatic nitrogens is 4. The topological polar surface area (TPSA) is 84.0 Å². The van der Waals surface area contributed by atoms with Crippen molar-refractivity contribution >= 4 is 5.91 Å². The molecular weight excluding hydrogens is 270 g/mol. The highest BCUT2D eigenvalue weighted by Gasteiger charge is 2.28. The van der Waals surface area contributed by atoms with E-state index in [4.69, 9.17) is 4.74 Å². The van der Waals surface area contributed by atoms with Crippen LogP contribution in [0.5, 0.6) is 0 Å². The van der Waals surface area contributed by atoms with E-state index in [0.29, 0.717) is 25.4 Å². The average molecular weight is 287 g/mol. The van der Waals surface area contributed by atoms with Gasteiger partial charge in [-0.25, -0.2) is 9.97 Å². The molecule has 2 aromatic heterocycles. The number of rotatable bonds is 2. The molecule has 0 aromatic carbocycles. The van der Waals surface area contributed by atoms with Crippen molar-refractivity contribution in [2.24, 2.45) is 0 Å². The smallest absolute Gasteiger partial charge is 0.274 e. The van der Waals surface area contributed by atoms with Crippen molar-refractivity contribution in [1.82, 2.24) is 24.8 Å². The number of hydrogen-bond acceptors (Lipinski definition) is 5. The molecule has 7 nitrogen and oxygen atoms in total. The summed E-state index contributed by atoms with van der Waals surface area (Å²) in [6.07, 6.45) is 4.64. The average Bonchev–Trinajstić information content (AvgIpc) is 2.94. The number of aryl methyl sites for hydroxylation is 2. The second kappa shape index (κ2) is 5.61. The van der Waals surface area contributed by atoms with Crippen LogP contribution in [0.15, 0.2) is 18.6 Å². The zero-order valence-corrected chi connectivity index (χ0v) is 12.0. The molecule has 1 N–H and O–H groups in total. The molecular formula is C14H17N5O2. The van der Waals surface area contributed by atoms with Gasteiger partial charge in [0.05, 0.1) is 25.0 Å². The van der Waals surface area contributed by atoms with Crippen LogP contribution >= 0.6 is 0 Å². The number of nitrogens with one attached hydrogen (secondary N) is 1. The zero-order valence-electron chi connectivity index (χ0n) is 12.0. The molecule has 110 valence electrons. The first-order chi connectivity index (χ1) is 10.1. The maximum Gasteiger partial charge on any atom is 0.274 e. The Morgan fingerprint density at radius 1 is 1.29 bits per heavy atom. The van der Waals surface area contributed by atoms with Gasteiger partial charge in [-0.2, -0.15) is 0 Å². The molecule has 0 bridgehead atoms. The lowest BCUT2D eigenvalue weighted by Gasteiger charge is -2.31. The minimum absolute atomic E-state index is 0.126. The highest BCUT2D eigenvalue weighted by atomic mass is 16.5. The predicted octanol–water partition coefficient (Wildman–Crippen LogP) is 1.03. The number of amides is 1. The lowest BCUT2D eigenvalue weighted by Crippen LogP contribution is -2.42. The van der Waals surface area contributed by atoms with Gasteiger partial charge in [0.15, 0.2) is 0 Å². The summed E-state index contributed by atoms with van der Waals surface area (Å²) in [5.41, 5.74) is 2.12. The molecule has 1 saturated heterocycles. The van der Waals surface area contributed by atoms with Gasteiger partial charge in [-0.1, -0.05) is 0 Å². The Kier molecular flexibility index (Phi) is 3.66. The van der Waals surface area contributed by atoms with E-state index >= 15 is 0 Å². The van der Waals surface area contributed by atoms with Gasteiger partial charge in [0.25, 0.3) is 5.91 Å². The second-order valence-electron chi connectivity index (χ2n) is 5.11. The molecule has 0 saturated carbocycles. The first-order valence-electron chi connectivity index (χ1n) is 6.84. The van der Waals surface area contributed by atoms with E-state index in [1.165, 1.54) is 6.20 Å². The molecule has 1 amide bonds. The summed E-state index contributed by atoms with van der Waals surface area (Å²) in [5, 5.41) is 0. The molecule has 0 spiro atoms. The summed E-state index contributed by atoms with van der Waals surface area (Å²) in [4.78, 5) is 29.8.